The third-order valence-corrected chi connectivity index (χ3v) is 3.30. The van der Waals surface area contributed by atoms with Crippen LogP contribution in [0.2, 0.25) is 5.15 Å². The number of benzene rings is 1. The Labute approximate surface area is 116 Å². The summed E-state index contributed by atoms with van der Waals surface area (Å²) in [6, 6.07) is 7.63. The number of ether oxygens (including phenoxy) is 1. The fraction of sp³-hybridized carbons (Fsp3) is 0.308. The van der Waals surface area contributed by atoms with E-state index in [4.69, 9.17) is 27.9 Å². The van der Waals surface area contributed by atoms with Gasteiger partial charge in [0.05, 0.1) is 23.9 Å². The molecule has 0 fully saturated rings. The van der Waals surface area contributed by atoms with Crippen LogP contribution in [0, 0.1) is 6.92 Å². The van der Waals surface area contributed by atoms with Gasteiger partial charge in [0.15, 0.2) is 0 Å². The molecule has 0 saturated carbocycles. The topological polar surface area (TPSA) is 27.1 Å². The number of rotatable bonds is 4. The molecule has 1 aromatic heterocycles. The van der Waals surface area contributed by atoms with E-state index in [0.717, 1.165) is 22.7 Å². The number of nitrogens with zero attached hydrogens (tertiary/aromatic N) is 2. The van der Waals surface area contributed by atoms with Gasteiger partial charge in [-0.25, -0.2) is 4.68 Å². The summed E-state index contributed by atoms with van der Waals surface area (Å²) < 4.78 is 7.08. The largest absolute Gasteiger partial charge is 0.494 e. The van der Waals surface area contributed by atoms with E-state index in [9.17, 15) is 0 Å². The van der Waals surface area contributed by atoms with E-state index in [2.05, 4.69) is 5.10 Å². The van der Waals surface area contributed by atoms with Crippen LogP contribution in [0.1, 0.15) is 18.2 Å². The summed E-state index contributed by atoms with van der Waals surface area (Å²) in [5.41, 5.74) is 2.61. The smallest absolute Gasteiger partial charge is 0.137 e. The van der Waals surface area contributed by atoms with Crippen LogP contribution in [0.5, 0.6) is 5.75 Å². The van der Waals surface area contributed by atoms with Crippen molar-refractivity contribution in [2.45, 2.75) is 19.7 Å². The summed E-state index contributed by atoms with van der Waals surface area (Å²) >= 11 is 12.1. The van der Waals surface area contributed by atoms with E-state index >= 15 is 0 Å². The number of alkyl halides is 1. The van der Waals surface area contributed by atoms with Crippen LogP contribution in [-0.2, 0) is 5.88 Å². The lowest BCUT2D eigenvalue weighted by Gasteiger charge is -2.06. The van der Waals surface area contributed by atoms with Crippen molar-refractivity contribution in [1.29, 1.82) is 0 Å². The second-order valence-electron chi connectivity index (χ2n) is 3.83. The van der Waals surface area contributed by atoms with Gasteiger partial charge in [0, 0.05) is 5.56 Å². The molecule has 2 aromatic rings. The minimum atomic E-state index is 0.363. The highest BCUT2D eigenvalue weighted by Crippen LogP contribution is 2.25. The van der Waals surface area contributed by atoms with E-state index in [-0.39, 0.29) is 0 Å². The molecule has 3 nitrogen and oxygen atoms in total. The van der Waals surface area contributed by atoms with Crippen molar-refractivity contribution in [3.8, 4) is 11.4 Å². The first kappa shape index (κ1) is 13.2. The molecule has 0 amide bonds. The highest BCUT2D eigenvalue weighted by atomic mass is 35.5. The molecular formula is C13H14Cl2N2O. The maximum atomic E-state index is 6.25. The van der Waals surface area contributed by atoms with Crippen molar-refractivity contribution in [3.63, 3.8) is 0 Å². The molecule has 0 bridgehead atoms. The molecule has 1 heterocycles. The van der Waals surface area contributed by atoms with Crippen molar-refractivity contribution < 1.29 is 4.74 Å². The van der Waals surface area contributed by atoms with Crippen molar-refractivity contribution in [2.75, 3.05) is 6.61 Å². The molecule has 0 radical (unpaired) electrons. The van der Waals surface area contributed by atoms with Crippen LogP contribution in [0.15, 0.2) is 24.3 Å². The predicted molar refractivity (Wildman–Crippen MR) is 74.0 cm³/mol. The molecule has 0 spiro atoms. The van der Waals surface area contributed by atoms with Crippen molar-refractivity contribution >= 4 is 23.2 Å². The molecule has 0 atom stereocenters. The molecule has 18 heavy (non-hydrogen) atoms. The molecule has 0 saturated heterocycles. The van der Waals surface area contributed by atoms with Crippen LogP contribution in [0.25, 0.3) is 5.69 Å². The van der Waals surface area contributed by atoms with E-state index in [1.165, 1.54) is 0 Å². The Morgan fingerprint density at radius 1 is 1.28 bits per heavy atom. The first-order chi connectivity index (χ1) is 8.67. The average Bonchev–Trinajstić information content (AvgIpc) is 2.66. The third kappa shape index (κ3) is 2.47. The molecule has 0 N–H and O–H groups in total. The molecule has 2 rings (SSSR count). The van der Waals surface area contributed by atoms with Crippen LogP contribution in [-0.4, -0.2) is 16.4 Å². The van der Waals surface area contributed by atoms with Gasteiger partial charge in [-0.2, -0.15) is 5.10 Å². The lowest BCUT2D eigenvalue weighted by molar-refractivity contribution is 0.340. The molecule has 0 unspecified atom stereocenters. The Morgan fingerprint density at radius 3 is 2.44 bits per heavy atom. The normalized spacial score (nSPS) is 10.7. The van der Waals surface area contributed by atoms with Gasteiger partial charge in [-0.1, -0.05) is 11.6 Å². The van der Waals surface area contributed by atoms with E-state index in [1.807, 2.05) is 38.1 Å². The first-order valence-electron chi connectivity index (χ1n) is 5.70. The van der Waals surface area contributed by atoms with Gasteiger partial charge in [0.2, 0.25) is 0 Å². The lowest BCUT2D eigenvalue weighted by Crippen LogP contribution is -1.97. The fourth-order valence-electron chi connectivity index (χ4n) is 1.70. The molecule has 1 aromatic carbocycles. The number of halogens is 2. The minimum Gasteiger partial charge on any atom is -0.494 e. The quantitative estimate of drug-likeness (QED) is 0.795. The summed E-state index contributed by atoms with van der Waals surface area (Å²) in [6.45, 7) is 4.50. The van der Waals surface area contributed by atoms with E-state index in [0.29, 0.717) is 17.6 Å². The SMILES string of the molecule is CCOc1ccc(-n2nc(C)c(CCl)c2Cl)cc1. The second kappa shape index (κ2) is 5.63. The van der Waals surface area contributed by atoms with Crippen molar-refractivity contribution in [3.05, 3.63) is 40.7 Å². The Hall–Kier alpha value is -1.19. The Kier molecular flexibility index (Phi) is 4.15. The zero-order valence-electron chi connectivity index (χ0n) is 10.3. The summed E-state index contributed by atoms with van der Waals surface area (Å²) in [5.74, 6) is 1.20. The summed E-state index contributed by atoms with van der Waals surface area (Å²) in [7, 11) is 0. The van der Waals surface area contributed by atoms with Gasteiger partial charge >= 0.3 is 0 Å². The molecule has 0 aliphatic heterocycles. The van der Waals surface area contributed by atoms with Crippen LogP contribution >= 0.6 is 23.2 Å². The monoisotopic (exact) mass is 284 g/mol. The van der Waals surface area contributed by atoms with E-state index < -0.39 is 0 Å². The number of aromatic nitrogens is 2. The Balaban J connectivity index is 2.36. The van der Waals surface area contributed by atoms with Crippen molar-refractivity contribution in [1.82, 2.24) is 9.78 Å². The number of hydrogen-bond acceptors (Lipinski definition) is 2. The zero-order chi connectivity index (χ0) is 13.1. The standard InChI is InChI=1S/C13H14Cl2N2O/c1-3-18-11-6-4-10(5-7-11)17-13(15)12(8-14)9(2)16-17/h4-7H,3,8H2,1-2H3. The predicted octanol–water partition coefficient (Wildman–Crippen LogP) is 3.97. The Bertz CT molecular complexity index is 535. The third-order valence-electron chi connectivity index (χ3n) is 2.65. The minimum absolute atomic E-state index is 0.363. The summed E-state index contributed by atoms with van der Waals surface area (Å²) in [6.07, 6.45) is 0. The van der Waals surface area contributed by atoms with E-state index in [1.54, 1.807) is 4.68 Å². The maximum Gasteiger partial charge on any atom is 0.137 e. The highest BCUT2D eigenvalue weighted by Gasteiger charge is 2.13. The molecule has 96 valence electrons. The van der Waals surface area contributed by atoms with Gasteiger partial charge in [-0.15, -0.1) is 11.6 Å². The zero-order valence-corrected chi connectivity index (χ0v) is 11.8. The number of hydrogen-bond donors (Lipinski definition) is 0. The number of aryl methyl sites for hydroxylation is 1. The molecule has 5 heteroatoms. The van der Waals surface area contributed by atoms with Gasteiger partial charge in [0.25, 0.3) is 0 Å². The van der Waals surface area contributed by atoms with Crippen LogP contribution in [0.3, 0.4) is 0 Å². The van der Waals surface area contributed by atoms with Crippen LogP contribution < -0.4 is 4.74 Å². The van der Waals surface area contributed by atoms with Gasteiger partial charge in [-0.3, -0.25) is 0 Å². The van der Waals surface area contributed by atoms with Gasteiger partial charge in [-0.05, 0) is 38.1 Å². The molecule has 0 aliphatic carbocycles. The van der Waals surface area contributed by atoms with Crippen molar-refractivity contribution in [2.24, 2.45) is 0 Å². The molecular weight excluding hydrogens is 271 g/mol. The summed E-state index contributed by atoms with van der Waals surface area (Å²) in [5, 5.41) is 4.95. The average molecular weight is 285 g/mol. The second-order valence-corrected chi connectivity index (χ2v) is 4.45. The fourth-order valence-corrected chi connectivity index (χ4v) is 2.43. The summed E-state index contributed by atoms with van der Waals surface area (Å²) in [4.78, 5) is 0. The van der Waals surface area contributed by atoms with Gasteiger partial charge < -0.3 is 4.74 Å². The maximum absolute atomic E-state index is 6.25. The first-order valence-corrected chi connectivity index (χ1v) is 6.61. The Morgan fingerprint density at radius 2 is 1.94 bits per heavy atom. The molecule has 0 aliphatic rings. The lowest BCUT2D eigenvalue weighted by atomic mass is 10.3. The van der Waals surface area contributed by atoms with Gasteiger partial charge in [0.1, 0.15) is 10.9 Å². The van der Waals surface area contributed by atoms with Crippen LogP contribution in [0.4, 0.5) is 0 Å². The highest BCUT2D eigenvalue weighted by molar-refractivity contribution is 6.31.